The van der Waals surface area contributed by atoms with Crippen molar-refractivity contribution in [3.8, 4) is 22.6 Å². The third kappa shape index (κ3) is 4.03. The lowest BCUT2D eigenvalue weighted by Gasteiger charge is -2.33. The van der Waals surface area contributed by atoms with E-state index in [0.717, 1.165) is 36.3 Å². The molecule has 1 atom stereocenters. The number of piperidine rings is 1. The third-order valence-corrected chi connectivity index (χ3v) is 6.37. The number of rotatable bonds is 5. The summed E-state index contributed by atoms with van der Waals surface area (Å²) in [6.07, 6.45) is 4.20. The van der Waals surface area contributed by atoms with Gasteiger partial charge in [0.15, 0.2) is 5.82 Å². The fourth-order valence-corrected chi connectivity index (χ4v) is 4.70. The molecule has 3 N–H and O–H groups in total. The van der Waals surface area contributed by atoms with Gasteiger partial charge >= 0.3 is 0 Å². The quantitative estimate of drug-likeness (QED) is 0.464. The molecule has 1 unspecified atom stereocenters. The Morgan fingerprint density at radius 1 is 1.15 bits per heavy atom. The standard InChI is InChI=1S/C26H27N5O3/c1-2-22(32)30-14-6-7-18(15-30)31-16-21(23-24(31)26(33)29-28-25(23)27)17-10-12-20(13-11-17)34-19-8-4-3-5-9-19/h3-5,8-13,16,18H,2,6-7,14-15H2,1H3,(H2,27,28)(H,29,33). The Bertz CT molecular complexity index is 1380. The number of hydrogen-bond acceptors (Lipinski definition) is 5. The minimum absolute atomic E-state index is 0.0101. The number of ether oxygens (including phenoxy) is 1. The Kier molecular flexibility index (Phi) is 5.79. The Hall–Kier alpha value is -4.07. The van der Waals surface area contributed by atoms with Crippen molar-refractivity contribution in [3.63, 3.8) is 0 Å². The third-order valence-electron chi connectivity index (χ3n) is 6.37. The van der Waals surface area contributed by atoms with Crippen LogP contribution in [0.1, 0.15) is 32.2 Å². The van der Waals surface area contributed by atoms with Crippen LogP contribution in [-0.2, 0) is 4.79 Å². The van der Waals surface area contributed by atoms with E-state index in [9.17, 15) is 9.59 Å². The zero-order valence-corrected chi connectivity index (χ0v) is 19.0. The van der Waals surface area contributed by atoms with Gasteiger partial charge in [0.1, 0.15) is 17.0 Å². The molecule has 1 amide bonds. The smallest absolute Gasteiger partial charge is 0.288 e. The van der Waals surface area contributed by atoms with Gasteiger partial charge in [0.05, 0.1) is 11.4 Å². The van der Waals surface area contributed by atoms with Crippen molar-refractivity contribution < 1.29 is 9.53 Å². The summed E-state index contributed by atoms with van der Waals surface area (Å²) >= 11 is 0. The Labute approximate surface area is 197 Å². The first kappa shape index (κ1) is 21.8. The predicted octanol–water partition coefficient (Wildman–Crippen LogP) is 4.34. The highest BCUT2D eigenvalue weighted by Crippen LogP contribution is 2.36. The molecule has 3 heterocycles. The number of amides is 1. The minimum atomic E-state index is -0.293. The maximum Gasteiger partial charge on any atom is 0.288 e. The predicted molar refractivity (Wildman–Crippen MR) is 132 cm³/mol. The number of benzene rings is 2. The van der Waals surface area contributed by atoms with Crippen molar-refractivity contribution in [1.82, 2.24) is 19.7 Å². The normalized spacial score (nSPS) is 16.0. The van der Waals surface area contributed by atoms with E-state index in [1.54, 1.807) is 0 Å². The molecule has 1 fully saturated rings. The molecule has 4 aromatic rings. The first-order valence-electron chi connectivity index (χ1n) is 11.5. The number of carbonyl (C=O) groups is 1. The summed E-state index contributed by atoms with van der Waals surface area (Å²) < 4.78 is 7.89. The minimum Gasteiger partial charge on any atom is -0.457 e. The van der Waals surface area contributed by atoms with Crippen LogP contribution in [0.5, 0.6) is 11.5 Å². The lowest BCUT2D eigenvalue weighted by Crippen LogP contribution is -2.40. The first-order valence-corrected chi connectivity index (χ1v) is 11.5. The van der Waals surface area contributed by atoms with Gasteiger partial charge in [-0.1, -0.05) is 37.3 Å². The van der Waals surface area contributed by atoms with Crippen molar-refractivity contribution >= 4 is 22.6 Å². The van der Waals surface area contributed by atoms with Gasteiger partial charge in [-0.25, -0.2) is 5.10 Å². The van der Waals surface area contributed by atoms with Gasteiger partial charge in [0.25, 0.3) is 5.56 Å². The Balaban J connectivity index is 1.54. The average Bonchev–Trinajstić information content (AvgIpc) is 3.29. The summed E-state index contributed by atoms with van der Waals surface area (Å²) in [5.74, 6) is 1.87. The van der Waals surface area contributed by atoms with E-state index in [-0.39, 0.29) is 23.3 Å². The zero-order chi connectivity index (χ0) is 23.7. The second kappa shape index (κ2) is 9.05. The molecule has 34 heavy (non-hydrogen) atoms. The number of hydrogen-bond donors (Lipinski definition) is 2. The van der Waals surface area contributed by atoms with Crippen LogP contribution in [0.15, 0.2) is 65.6 Å². The van der Waals surface area contributed by atoms with Crippen molar-refractivity contribution in [1.29, 1.82) is 0 Å². The molecule has 0 saturated carbocycles. The van der Waals surface area contributed by atoms with Crippen LogP contribution in [0.25, 0.3) is 22.0 Å². The van der Waals surface area contributed by atoms with Crippen LogP contribution < -0.4 is 16.0 Å². The summed E-state index contributed by atoms with van der Waals surface area (Å²) in [5, 5.41) is 7.16. The van der Waals surface area contributed by atoms with Crippen molar-refractivity contribution in [2.24, 2.45) is 0 Å². The largest absolute Gasteiger partial charge is 0.457 e. The van der Waals surface area contributed by atoms with E-state index < -0.39 is 0 Å². The lowest BCUT2D eigenvalue weighted by atomic mass is 10.0. The number of nitrogens with one attached hydrogen (secondary N) is 1. The molecule has 2 aromatic heterocycles. The van der Waals surface area contributed by atoms with Crippen molar-refractivity contribution in [2.75, 3.05) is 18.8 Å². The van der Waals surface area contributed by atoms with Crippen LogP contribution in [0.2, 0.25) is 0 Å². The van der Waals surface area contributed by atoms with Crippen LogP contribution >= 0.6 is 0 Å². The van der Waals surface area contributed by atoms with E-state index in [4.69, 9.17) is 10.5 Å². The maximum atomic E-state index is 12.9. The van der Waals surface area contributed by atoms with Gasteiger partial charge in [-0.2, -0.15) is 5.10 Å². The highest BCUT2D eigenvalue weighted by Gasteiger charge is 2.27. The zero-order valence-electron chi connectivity index (χ0n) is 19.0. The number of anilines is 1. The topological polar surface area (TPSA) is 106 Å². The second-order valence-corrected chi connectivity index (χ2v) is 8.54. The number of nitrogen functional groups attached to an aromatic ring is 1. The number of aromatic amines is 1. The highest BCUT2D eigenvalue weighted by atomic mass is 16.5. The van der Waals surface area contributed by atoms with E-state index in [2.05, 4.69) is 10.2 Å². The van der Waals surface area contributed by atoms with Crippen LogP contribution in [0.4, 0.5) is 5.82 Å². The number of H-pyrrole nitrogens is 1. The maximum absolute atomic E-state index is 12.9. The molecule has 8 nitrogen and oxygen atoms in total. The van der Waals surface area contributed by atoms with Crippen molar-refractivity contribution in [2.45, 2.75) is 32.2 Å². The SMILES string of the molecule is CCC(=O)N1CCCC(n2cc(-c3ccc(Oc4ccccc4)cc3)c3c(N)n[nH]c(=O)c32)C1. The lowest BCUT2D eigenvalue weighted by molar-refractivity contribution is -0.132. The summed E-state index contributed by atoms with van der Waals surface area (Å²) in [6, 6.07) is 17.3. The number of nitrogens with two attached hydrogens (primary N) is 1. The number of nitrogens with zero attached hydrogens (tertiary/aromatic N) is 3. The molecule has 0 aliphatic carbocycles. The Morgan fingerprint density at radius 3 is 2.62 bits per heavy atom. The highest BCUT2D eigenvalue weighted by molar-refractivity contribution is 6.02. The average molecular weight is 458 g/mol. The number of aromatic nitrogens is 3. The summed E-state index contributed by atoms with van der Waals surface area (Å²) in [7, 11) is 0. The van der Waals surface area contributed by atoms with Gasteiger partial charge in [-0.3, -0.25) is 9.59 Å². The van der Waals surface area contributed by atoms with Crippen LogP contribution in [0, 0.1) is 0 Å². The molecule has 174 valence electrons. The molecule has 5 rings (SSSR count). The van der Waals surface area contributed by atoms with Crippen LogP contribution in [-0.4, -0.2) is 38.7 Å². The van der Waals surface area contributed by atoms with E-state index in [0.29, 0.717) is 29.6 Å². The van der Waals surface area contributed by atoms with E-state index >= 15 is 0 Å². The number of fused-ring (bicyclic) bond motifs is 1. The summed E-state index contributed by atoms with van der Waals surface area (Å²) in [4.78, 5) is 27.1. The summed E-state index contributed by atoms with van der Waals surface area (Å²) in [5.41, 5.74) is 8.18. The van der Waals surface area contributed by atoms with Gasteiger partial charge in [-0.15, -0.1) is 0 Å². The Morgan fingerprint density at radius 2 is 1.88 bits per heavy atom. The second-order valence-electron chi connectivity index (χ2n) is 8.54. The summed E-state index contributed by atoms with van der Waals surface area (Å²) in [6.45, 7) is 3.19. The molecule has 1 aliphatic rings. The molecule has 1 aliphatic heterocycles. The van der Waals surface area contributed by atoms with Gasteiger partial charge in [0, 0.05) is 31.3 Å². The van der Waals surface area contributed by atoms with Crippen molar-refractivity contribution in [3.05, 3.63) is 71.1 Å². The number of likely N-dealkylation sites (tertiary alicyclic amines) is 1. The fraction of sp³-hybridized carbons (Fsp3) is 0.269. The monoisotopic (exact) mass is 457 g/mol. The number of para-hydroxylation sites is 1. The number of carbonyl (C=O) groups excluding carboxylic acids is 1. The van der Waals surface area contributed by atoms with E-state index in [1.807, 2.05) is 77.2 Å². The molecule has 8 heteroatoms. The first-order chi connectivity index (χ1) is 16.5. The molecule has 0 spiro atoms. The van der Waals surface area contributed by atoms with Gasteiger partial charge < -0.3 is 19.9 Å². The molecule has 0 radical (unpaired) electrons. The fourth-order valence-electron chi connectivity index (χ4n) is 4.70. The van der Waals surface area contributed by atoms with Gasteiger partial charge in [0.2, 0.25) is 5.91 Å². The molecule has 1 saturated heterocycles. The van der Waals surface area contributed by atoms with Crippen LogP contribution in [0.3, 0.4) is 0 Å². The van der Waals surface area contributed by atoms with Gasteiger partial charge in [-0.05, 0) is 42.7 Å². The molecular weight excluding hydrogens is 430 g/mol. The van der Waals surface area contributed by atoms with E-state index in [1.165, 1.54) is 0 Å². The molecule has 0 bridgehead atoms. The molecular formula is C26H27N5O3. The molecule has 2 aromatic carbocycles.